The van der Waals surface area contributed by atoms with Gasteiger partial charge in [0.2, 0.25) is 0 Å². The van der Waals surface area contributed by atoms with Crippen LogP contribution in [0.3, 0.4) is 0 Å². The molecule has 4 nitrogen and oxygen atoms in total. The van der Waals surface area contributed by atoms with Crippen molar-refractivity contribution in [2.24, 2.45) is 5.11 Å². The molecule has 0 spiro atoms. The second kappa shape index (κ2) is 5.95. The lowest BCUT2D eigenvalue weighted by molar-refractivity contribution is -0.496. The van der Waals surface area contributed by atoms with E-state index >= 15 is 0 Å². The van der Waals surface area contributed by atoms with Crippen LogP contribution in [0.15, 0.2) is 5.11 Å². The van der Waals surface area contributed by atoms with Crippen LogP contribution in [-0.2, 0) is 4.74 Å². The molecule has 0 aromatic rings. The fraction of sp³-hybridized carbons (Fsp3) is 1.00. The number of nitrogens with zero attached hydrogens (tertiary/aromatic N) is 3. The molecule has 0 N–H and O–H groups in total. The second-order valence-electron chi connectivity index (χ2n) is 3.62. The predicted octanol–water partition coefficient (Wildman–Crippen LogP) is 4.72. The van der Waals surface area contributed by atoms with Crippen LogP contribution in [0.25, 0.3) is 10.4 Å². The highest BCUT2D eigenvalue weighted by atomic mass is 19.4. The molecule has 0 aliphatic carbocycles. The van der Waals surface area contributed by atoms with Gasteiger partial charge in [-0.1, -0.05) is 5.11 Å². The third kappa shape index (κ3) is 4.03. The fourth-order valence-electron chi connectivity index (χ4n) is 0.845. The van der Waals surface area contributed by atoms with Crippen LogP contribution >= 0.6 is 0 Å². The smallest absolute Gasteiger partial charge is 0.245 e. The first-order valence-electron chi connectivity index (χ1n) is 4.81. The Bertz CT molecular complexity index is 439. The largest absolute Gasteiger partial charge is 0.462 e. The SMILES string of the molecule is [N-]=[N+]=NCCC(F)(F)C(F)(F)OC(F)(F)C(F)(F)C(F)(F)F. The van der Waals surface area contributed by atoms with E-state index in [1.54, 1.807) is 4.74 Å². The minimum atomic E-state index is -7.15. The molecule has 0 rings (SSSR count). The van der Waals surface area contributed by atoms with E-state index in [-0.39, 0.29) is 0 Å². The predicted molar refractivity (Wildman–Crippen MR) is 45.6 cm³/mol. The molecule has 22 heavy (non-hydrogen) atoms. The molecule has 0 aliphatic heterocycles. The molecular weight excluding hydrogens is 351 g/mol. The molecule has 0 aromatic carbocycles. The van der Waals surface area contributed by atoms with Gasteiger partial charge in [0.25, 0.3) is 0 Å². The Kier molecular flexibility index (Phi) is 5.54. The van der Waals surface area contributed by atoms with E-state index in [2.05, 4.69) is 5.11 Å². The molecule has 0 amide bonds. The maximum atomic E-state index is 12.8. The quantitative estimate of drug-likeness (QED) is 0.282. The van der Waals surface area contributed by atoms with Gasteiger partial charge in [-0.15, -0.1) is 0 Å². The first-order valence-corrected chi connectivity index (χ1v) is 4.81. The molecule has 0 heterocycles. The van der Waals surface area contributed by atoms with Crippen molar-refractivity contribution in [3.8, 4) is 0 Å². The molecule has 0 saturated carbocycles. The van der Waals surface area contributed by atoms with Gasteiger partial charge in [-0.05, 0) is 5.53 Å². The summed E-state index contributed by atoms with van der Waals surface area (Å²) in [5.74, 6) is -12.8. The van der Waals surface area contributed by atoms with Gasteiger partial charge >= 0.3 is 30.2 Å². The van der Waals surface area contributed by atoms with Crippen molar-refractivity contribution in [3.63, 3.8) is 0 Å². The van der Waals surface area contributed by atoms with Crippen molar-refractivity contribution in [2.75, 3.05) is 6.54 Å². The Morgan fingerprint density at radius 3 is 1.64 bits per heavy atom. The molecule has 0 aliphatic rings. The number of azide groups is 1. The van der Waals surface area contributed by atoms with E-state index in [0.717, 1.165) is 0 Å². The first kappa shape index (κ1) is 20.5. The average molecular weight is 355 g/mol. The van der Waals surface area contributed by atoms with Gasteiger partial charge in [-0.3, -0.25) is 0 Å². The van der Waals surface area contributed by atoms with Crippen LogP contribution in [0.1, 0.15) is 6.42 Å². The fourth-order valence-corrected chi connectivity index (χ4v) is 0.845. The lowest BCUT2D eigenvalue weighted by atomic mass is 10.2. The van der Waals surface area contributed by atoms with Crippen LogP contribution in [0, 0.1) is 0 Å². The zero-order valence-electron chi connectivity index (χ0n) is 9.82. The highest BCUT2D eigenvalue weighted by molar-refractivity contribution is 4.88. The topological polar surface area (TPSA) is 58.0 Å². The van der Waals surface area contributed by atoms with Crippen molar-refractivity contribution in [2.45, 2.75) is 36.7 Å². The zero-order valence-corrected chi connectivity index (χ0v) is 9.82. The van der Waals surface area contributed by atoms with Crippen molar-refractivity contribution < 1.29 is 53.0 Å². The van der Waals surface area contributed by atoms with Gasteiger partial charge in [0.05, 0.1) is 0 Å². The maximum absolute atomic E-state index is 12.8. The van der Waals surface area contributed by atoms with Gasteiger partial charge in [0.1, 0.15) is 0 Å². The molecular formula is C7H4F11N3O. The van der Waals surface area contributed by atoms with E-state index in [1.165, 1.54) is 0 Å². The normalized spacial score (nSPS) is 14.7. The average Bonchev–Trinajstić information content (AvgIpc) is 2.25. The molecule has 0 unspecified atom stereocenters. The summed E-state index contributed by atoms with van der Waals surface area (Å²) < 4.78 is 138. The van der Waals surface area contributed by atoms with Gasteiger partial charge in [-0.2, -0.15) is 48.3 Å². The number of ether oxygens (including phenoxy) is 1. The summed E-state index contributed by atoms with van der Waals surface area (Å²) in [7, 11) is 0. The van der Waals surface area contributed by atoms with Gasteiger partial charge < -0.3 is 0 Å². The highest BCUT2D eigenvalue weighted by Crippen LogP contribution is 2.51. The molecule has 0 radical (unpaired) electrons. The monoisotopic (exact) mass is 355 g/mol. The van der Waals surface area contributed by atoms with Crippen molar-refractivity contribution >= 4 is 0 Å². The van der Waals surface area contributed by atoms with Gasteiger partial charge in [-0.25, -0.2) is 4.74 Å². The third-order valence-electron chi connectivity index (χ3n) is 1.99. The molecule has 0 saturated heterocycles. The van der Waals surface area contributed by atoms with Crippen molar-refractivity contribution in [1.29, 1.82) is 0 Å². The number of hydrogen-bond donors (Lipinski definition) is 0. The van der Waals surface area contributed by atoms with Gasteiger partial charge in [0.15, 0.2) is 0 Å². The lowest BCUT2D eigenvalue weighted by Gasteiger charge is -2.33. The van der Waals surface area contributed by atoms with Crippen LogP contribution in [-0.4, -0.2) is 36.8 Å². The number of halogens is 11. The molecule has 15 heteroatoms. The number of hydrogen-bond acceptors (Lipinski definition) is 2. The third-order valence-corrected chi connectivity index (χ3v) is 1.99. The van der Waals surface area contributed by atoms with E-state index < -0.39 is 43.2 Å². The molecule has 0 atom stereocenters. The molecule has 0 fully saturated rings. The summed E-state index contributed by atoms with van der Waals surface area (Å²) in [5, 5.41) is 2.35. The molecule has 130 valence electrons. The Balaban J connectivity index is 5.36. The van der Waals surface area contributed by atoms with Crippen LogP contribution in [0.2, 0.25) is 0 Å². The summed E-state index contributed by atoms with van der Waals surface area (Å²) in [6.07, 6.45) is -22.5. The first-order chi connectivity index (χ1) is 9.52. The standard InChI is InChI=1S/C7H4F11N3O/c8-3(9,1-2-20-21-19)6(15,16)22-7(17,18)4(10,11)5(12,13)14/h1-2H2. The van der Waals surface area contributed by atoms with Crippen molar-refractivity contribution in [1.82, 2.24) is 0 Å². The van der Waals surface area contributed by atoms with Crippen LogP contribution in [0.5, 0.6) is 0 Å². The summed E-state index contributed by atoms with van der Waals surface area (Å²) in [6, 6.07) is 0. The molecule has 0 bridgehead atoms. The van der Waals surface area contributed by atoms with E-state index in [9.17, 15) is 48.3 Å². The highest BCUT2D eigenvalue weighted by Gasteiger charge is 2.78. The number of alkyl halides is 11. The van der Waals surface area contributed by atoms with E-state index in [0.29, 0.717) is 0 Å². The maximum Gasteiger partial charge on any atom is 0.462 e. The minimum absolute atomic E-state index is 1.39. The summed E-state index contributed by atoms with van der Waals surface area (Å²) in [4.78, 5) is 1.86. The Hall–Kier alpha value is -1.50. The summed E-state index contributed by atoms with van der Waals surface area (Å²) >= 11 is 0. The summed E-state index contributed by atoms with van der Waals surface area (Å²) in [5.41, 5.74) is 7.70. The number of rotatable bonds is 7. The van der Waals surface area contributed by atoms with E-state index in [1.807, 2.05) is 4.91 Å². The Morgan fingerprint density at radius 2 is 1.27 bits per heavy atom. The van der Waals surface area contributed by atoms with Gasteiger partial charge in [0, 0.05) is 17.9 Å². The molecule has 0 aromatic heterocycles. The summed E-state index contributed by atoms with van der Waals surface area (Å²) in [6.45, 7) is -1.39. The Labute approximate surface area is 113 Å². The second-order valence-corrected chi connectivity index (χ2v) is 3.62. The van der Waals surface area contributed by atoms with Crippen LogP contribution < -0.4 is 0 Å². The van der Waals surface area contributed by atoms with Crippen molar-refractivity contribution in [3.05, 3.63) is 10.4 Å². The Morgan fingerprint density at radius 1 is 0.818 bits per heavy atom. The zero-order chi connectivity index (χ0) is 18.0. The lowest BCUT2D eigenvalue weighted by Crippen LogP contribution is -2.58. The van der Waals surface area contributed by atoms with E-state index in [4.69, 9.17) is 5.53 Å². The minimum Gasteiger partial charge on any atom is -0.245 e. The van der Waals surface area contributed by atoms with Crippen LogP contribution in [0.4, 0.5) is 48.3 Å².